The van der Waals surface area contributed by atoms with Crippen molar-refractivity contribution in [2.75, 3.05) is 6.61 Å². The Morgan fingerprint density at radius 3 is 2.50 bits per heavy atom. The van der Waals surface area contributed by atoms with Gasteiger partial charge in [0, 0.05) is 0 Å². The Labute approximate surface area is 34.6 Å². The van der Waals surface area contributed by atoms with Gasteiger partial charge >= 0.3 is 0 Å². The van der Waals surface area contributed by atoms with Gasteiger partial charge in [-0.3, -0.25) is 0 Å². The van der Waals surface area contributed by atoms with Crippen LogP contribution in [0.1, 0.15) is 0 Å². The van der Waals surface area contributed by atoms with Crippen molar-refractivity contribution in [1.29, 1.82) is 0 Å². The average molecular weight is 92.1 g/mol. The van der Waals surface area contributed by atoms with E-state index < -0.39 is 12.8 Å². The molecule has 0 fully saturated rings. The van der Waals surface area contributed by atoms with Crippen molar-refractivity contribution in [2.24, 2.45) is 0 Å². The van der Waals surface area contributed by atoms with Crippen molar-refractivity contribution in [3.05, 3.63) is 0 Å². The monoisotopic (exact) mass is 92.0 g/mol. The Kier molecular flexibility index (Phi) is 2.58. The van der Waals surface area contributed by atoms with Gasteiger partial charge in [0.25, 0.3) is 0 Å². The third kappa shape index (κ3) is 1.84. The van der Waals surface area contributed by atoms with Gasteiger partial charge in [-0.05, 0) is 0 Å². The fraction of sp³-hybridized carbons (Fsp3) is 0.667. The fourth-order valence-corrected chi connectivity index (χ4v) is 0.0430. The van der Waals surface area contributed by atoms with Crippen LogP contribution in [0.15, 0.2) is 0 Å². The predicted molar refractivity (Wildman–Crippen MR) is 18.0 cm³/mol. The fourth-order valence-electron chi connectivity index (χ4n) is 0.0430. The second-order valence-electron chi connectivity index (χ2n) is 0.835. The highest BCUT2D eigenvalue weighted by Crippen LogP contribution is 1.77. The molecule has 0 saturated carbocycles. The Morgan fingerprint density at radius 2 is 2.50 bits per heavy atom. The summed E-state index contributed by atoms with van der Waals surface area (Å²) in [6.07, 6.45) is -1.63. The minimum absolute atomic E-state index is 0.0556. The lowest BCUT2D eigenvalue weighted by atomic mass is 10.5. The van der Waals surface area contributed by atoms with Crippen LogP contribution < -0.4 is 0 Å². The number of hydrogen-bond donors (Lipinski definition) is 1. The molecule has 0 saturated heterocycles. The van der Waals surface area contributed by atoms with E-state index in [9.17, 15) is 9.18 Å². The van der Waals surface area contributed by atoms with Crippen molar-refractivity contribution in [3.63, 3.8) is 0 Å². The zero-order valence-electron chi connectivity index (χ0n) is 3.10. The first-order valence-corrected chi connectivity index (χ1v) is 1.51. The van der Waals surface area contributed by atoms with E-state index in [2.05, 4.69) is 0 Å². The number of aliphatic hydroxyl groups is 1. The van der Waals surface area contributed by atoms with Crippen molar-refractivity contribution < 1.29 is 14.3 Å². The van der Waals surface area contributed by atoms with Crippen LogP contribution in [-0.4, -0.2) is 24.2 Å². The van der Waals surface area contributed by atoms with Gasteiger partial charge in [-0.1, -0.05) is 0 Å². The minimum atomic E-state index is -1.69. The first-order chi connectivity index (χ1) is 2.81. The molecule has 1 atom stereocenters. The Balaban J connectivity index is 2.96. The van der Waals surface area contributed by atoms with Crippen LogP contribution in [0.5, 0.6) is 0 Å². The summed E-state index contributed by atoms with van der Waals surface area (Å²) in [5.74, 6) is 0. The smallest absolute Gasteiger partial charge is 0.178 e. The van der Waals surface area contributed by atoms with Crippen LogP contribution in [0.3, 0.4) is 0 Å². The maximum atomic E-state index is 11.2. The summed E-state index contributed by atoms with van der Waals surface area (Å²) < 4.78 is 11.2. The highest BCUT2D eigenvalue weighted by atomic mass is 19.1. The van der Waals surface area contributed by atoms with Gasteiger partial charge in [0.2, 0.25) is 0 Å². The summed E-state index contributed by atoms with van der Waals surface area (Å²) in [4.78, 5) is 9.20. The molecule has 0 unspecified atom stereocenters. The number of carbonyl (C=O) groups is 1. The molecule has 0 radical (unpaired) electrons. The lowest BCUT2D eigenvalue weighted by molar-refractivity contribution is -0.113. The average Bonchev–Trinajstić information content (AvgIpc) is 1.65. The largest absolute Gasteiger partial charge is 0.393 e. The summed E-state index contributed by atoms with van der Waals surface area (Å²) in [6, 6.07) is 0. The summed E-state index contributed by atoms with van der Waals surface area (Å²) in [6.45, 7) is -0.705. The summed E-state index contributed by atoms with van der Waals surface area (Å²) in [7, 11) is 0. The molecule has 0 aromatic rings. The molecule has 6 heavy (non-hydrogen) atoms. The van der Waals surface area contributed by atoms with Gasteiger partial charge in [-0.2, -0.15) is 0 Å². The number of carbonyl (C=O) groups excluding carboxylic acids is 1. The van der Waals surface area contributed by atoms with E-state index in [0.29, 0.717) is 0 Å². The minimum Gasteiger partial charge on any atom is -0.393 e. The number of halogens is 1. The lowest BCUT2D eigenvalue weighted by Crippen LogP contribution is -2.05. The maximum absolute atomic E-state index is 11.2. The van der Waals surface area contributed by atoms with Gasteiger partial charge in [0.15, 0.2) is 12.5 Å². The number of aldehydes is 1. The van der Waals surface area contributed by atoms with E-state index in [1.807, 2.05) is 0 Å². The normalized spacial score (nSPS) is 13.7. The number of aliphatic hydroxyl groups excluding tert-OH is 1. The molecular formula is C3H5FO2. The highest BCUT2D eigenvalue weighted by molar-refractivity contribution is 5.55. The quantitative estimate of drug-likeness (QED) is 0.467. The molecule has 0 aliphatic heterocycles. The molecule has 0 bridgehead atoms. The van der Waals surface area contributed by atoms with E-state index in [1.54, 1.807) is 0 Å². The molecule has 0 spiro atoms. The van der Waals surface area contributed by atoms with Gasteiger partial charge < -0.3 is 9.90 Å². The highest BCUT2D eigenvalue weighted by Gasteiger charge is 1.96. The van der Waals surface area contributed by atoms with Gasteiger partial charge in [0.1, 0.15) is 0 Å². The molecule has 0 aromatic heterocycles. The van der Waals surface area contributed by atoms with E-state index in [-0.39, 0.29) is 6.29 Å². The van der Waals surface area contributed by atoms with Crippen molar-refractivity contribution in [3.8, 4) is 0 Å². The molecular weight excluding hydrogens is 87.0 g/mol. The third-order valence-corrected chi connectivity index (χ3v) is 0.322. The second-order valence-corrected chi connectivity index (χ2v) is 0.835. The van der Waals surface area contributed by atoms with Gasteiger partial charge in [-0.25, -0.2) is 4.39 Å². The first kappa shape index (κ1) is 5.56. The standard InChI is InChI=1S/C3H5FO2/c4-3(1-5)2-6/h1,3,6H,2H2/t3-/m1/s1. The summed E-state index contributed by atoms with van der Waals surface area (Å²) in [5.41, 5.74) is 0. The Hall–Kier alpha value is -0.440. The third-order valence-electron chi connectivity index (χ3n) is 0.322. The van der Waals surface area contributed by atoms with Gasteiger partial charge in [-0.15, -0.1) is 0 Å². The van der Waals surface area contributed by atoms with E-state index >= 15 is 0 Å². The molecule has 1 N–H and O–H groups in total. The zero-order chi connectivity index (χ0) is 4.99. The van der Waals surface area contributed by atoms with Crippen LogP contribution in [0, 0.1) is 0 Å². The van der Waals surface area contributed by atoms with Crippen LogP contribution in [0.25, 0.3) is 0 Å². The van der Waals surface area contributed by atoms with Crippen molar-refractivity contribution >= 4 is 6.29 Å². The van der Waals surface area contributed by atoms with Crippen LogP contribution in [-0.2, 0) is 4.79 Å². The van der Waals surface area contributed by atoms with Crippen LogP contribution >= 0.6 is 0 Å². The SMILES string of the molecule is O=C[C@@H](F)CO. The first-order valence-electron chi connectivity index (χ1n) is 1.51. The van der Waals surface area contributed by atoms with Crippen molar-refractivity contribution in [2.45, 2.75) is 6.17 Å². The predicted octanol–water partition coefficient (Wildman–Crippen LogP) is -0.484. The number of hydrogen-bond acceptors (Lipinski definition) is 2. The van der Waals surface area contributed by atoms with Crippen LogP contribution in [0.4, 0.5) is 4.39 Å². The Morgan fingerprint density at radius 1 is 2.00 bits per heavy atom. The maximum Gasteiger partial charge on any atom is 0.178 e. The number of rotatable bonds is 2. The van der Waals surface area contributed by atoms with Crippen molar-refractivity contribution in [1.82, 2.24) is 0 Å². The van der Waals surface area contributed by atoms with Gasteiger partial charge in [0.05, 0.1) is 6.61 Å². The molecule has 0 amide bonds. The number of alkyl halides is 1. The lowest BCUT2D eigenvalue weighted by Gasteiger charge is -1.85. The molecule has 0 heterocycles. The zero-order valence-corrected chi connectivity index (χ0v) is 3.10. The molecule has 0 aliphatic carbocycles. The Bertz CT molecular complexity index is 46.1. The van der Waals surface area contributed by atoms with E-state index in [4.69, 9.17) is 5.11 Å². The molecule has 0 rings (SSSR count). The molecule has 3 heteroatoms. The summed E-state index contributed by atoms with van der Waals surface area (Å²) >= 11 is 0. The molecule has 0 aliphatic rings. The second kappa shape index (κ2) is 2.78. The molecule has 0 aromatic carbocycles. The van der Waals surface area contributed by atoms with Crippen LogP contribution in [0.2, 0.25) is 0 Å². The molecule has 36 valence electrons. The molecule has 2 nitrogen and oxygen atoms in total. The van der Waals surface area contributed by atoms with E-state index in [1.165, 1.54) is 0 Å². The topological polar surface area (TPSA) is 37.3 Å². The summed E-state index contributed by atoms with van der Waals surface area (Å²) in [5, 5.41) is 7.73. The van der Waals surface area contributed by atoms with E-state index in [0.717, 1.165) is 0 Å².